The fraction of sp³-hybridized carbons (Fsp3) is 0.341. The fourth-order valence-electron chi connectivity index (χ4n) is 9.02. The minimum atomic E-state index is -0.923. The molecule has 0 aliphatic carbocycles. The second-order valence-corrected chi connectivity index (χ2v) is 15.8. The Morgan fingerprint density at radius 2 is 1.57 bits per heavy atom. The average molecular weight is 730 g/mol. The Kier molecular flexibility index (Phi) is 10.5. The van der Waals surface area contributed by atoms with Crippen molar-refractivity contribution in [3.63, 3.8) is 0 Å². The van der Waals surface area contributed by atoms with Gasteiger partial charge in [0, 0.05) is 29.7 Å². The molecule has 274 valence electrons. The number of likely N-dealkylation sites (tertiary alicyclic amines) is 1. The smallest absolute Gasteiger partial charge is 0.251 e. The molecule has 8 nitrogen and oxygen atoms in total. The molecule has 0 radical (unpaired) electrons. The summed E-state index contributed by atoms with van der Waals surface area (Å²) < 4.78 is 4.76. The molecule has 3 fully saturated rings. The van der Waals surface area contributed by atoms with Crippen LogP contribution >= 0.6 is 11.8 Å². The van der Waals surface area contributed by atoms with Gasteiger partial charge >= 0.3 is 0 Å². The topological polar surface area (TPSA) is 90.4 Å². The summed E-state index contributed by atoms with van der Waals surface area (Å²) in [5, 5.41) is 12.9. The highest BCUT2D eigenvalue weighted by Gasteiger charge is 2.77. The number of aliphatic hydroxyl groups is 1. The SMILES string of the molecule is C=CCN(C(=O)C1N([C@@H](CO)Cc2ccccc2)C(=O)[C@@H]2[C@H](C(=O)N(CC=C)c3ccc(OCC)cc3)[C@@H]3CC(C)C12S3)c1ccc2ccccc2c1. The van der Waals surface area contributed by atoms with Crippen LogP contribution in [-0.4, -0.2) is 76.1 Å². The van der Waals surface area contributed by atoms with Gasteiger partial charge in [-0.3, -0.25) is 14.4 Å². The number of hydrogen-bond donors (Lipinski definition) is 1. The zero-order chi connectivity index (χ0) is 37.3. The minimum absolute atomic E-state index is 0.0500. The third-order valence-corrected chi connectivity index (χ3v) is 13.4. The van der Waals surface area contributed by atoms with Crippen molar-refractivity contribution >= 4 is 51.6 Å². The fourth-order valence-corrected chi connectivity index (χ4v) is 11.4. The molecule has 53 heavy (non-hydrogen) atoms. The van der Waals surface area contributed by atoms with Crippen molar-refractivity contribution in [2.75, 3.05) is 36.1 Å². The van der Waals surface area contributed by atoms with Gasteiger partial charge in [-0.2, -0.15) is 0 Å². The first-order valence-corrected chi connectivity index (χ1v) is 19.4. The highest BCUT2D eigenvalue weighted by Crippen LogP contribution is 2.69. The van der Waals surface area contributed by atoms with Crippen LogP contribution in [0.2, 0.25) is 0 Å². The lowest BCUT2D eigenvalue weighted by Gasteiger charge is -2.42. The number of fused-ring (bicyclic) bond motifs is 2. The Balaban J connectivity index is 1.33. The Bertz CT molecular complexity index is 2000. The highest BCUT2D eigenvalue weighted by molar-refractivity contribution is 8.02. The molecule has 7 rings (SSSR count). The van der Waals surface area contributed by atoms with E-state index in [-0.39, 0.29) is 48.6 Å². The van der Waals surface area contributed by atoms with E-state index < -0.39 is 28.7 Å². The van der Waals surface area contributed by atoms with E-state index >= 15 is 9.59 Å². The Labute approximate surface area is 316 Å². The summed E-state index contributed by atoms with van der Waals surface area (Å²) in [5.41, 5.74) is 2.34. The predicted molar refractivity (Wildman–Crippen MR) is 213 cm³/mol. The maximum absolute atomic E-state index is 15.5. The van der Waals surface area contributed by atoms with E-state index in [9.17, 15) is 9.90 Å². The normalized spacial score (nSPS) is 24.8. The molecule has 2 bridgehead atoms. The molecule has 0 saturated carbocycles. The molecular formula is C44H47N3O5S. The lowest BCUT2D eigenvalue weighted by molar-refractivity contribution is -0.141. The van der Waals surface area contributed by atoms with Crippen LogP contribution in [0, 0.1) is 17.8 Å². The van der Waals surface area contributed by atoms with Gasteiger partial charge in [-0.05, 0) is 78.4 Å². The Morgan fingerprint density at radius 3 is 2.23 bits per heavy atom. The summed E-state index contributed by atoms with van der Waals surface area (Å²) in [6.07, 6.45) is 4.45. The summed E-state index contributed by atoms with van der Waals surface area (Å²) in [6, 6.07) is 29.5. The molecule has 0 aromatic heterocycles. The van der Waals surface area contributed by atoms with Crippen molar-refractivity contribution in [1.29, 1.82) is 0 Å². The van der Waals surface area contributed by atoms with Gasteiger partial charge in [-0.1, -0.05) is 79.7 Å². The number of rotatable bonds is 14. The molecule has 7 atom stereocenters. The second-order valence-electron chi connectivity index (χ2n) is 14.3. The van der Waals surface area contributed by atoms with E-state index in [2.05, 4.69) is 20.1 Å². The molecule has 4 aromatic rings. The average Bonchev–Trinajstić information content (AvgIpc) is 3.78. The maximum Gasteiger partial charge on any atom is 0.251 e. The molecule has 1 spiro atoms. The lowest BCUT2D eigenvalue weighted by atomic mass is 9.65. The van der Waals surface area contributed by atoms with E-state index in [1.807, 2.05) is 104 Å². The molecular weight excluding hydrogens is 683 g/mol. The number of benzene rings is 4. The molecule has 3 aliphatic heterocycles. The van der Waals surface area contributed by atoms with Crippen molar-refractivity contribution in [2.24, 2.45) is 17.8 Å². The van der Waals surface area contributed by atoms with Crippen molar-refractivity contribution < 1.29 is 24.2 Å². The number of amides is 3. The van der Waals surface area contributed by atoms with Crippen LogP contribution in [-0.2, 0) is 20.8 Å². The van der Waals surface area contributed by atoms with E-state index in [0.717, 1.165) is 16.3 Å². The predicted octanol–water partition coefficient (Wildman–Crippen LogP) is 6.92. The molecule has 9 heteroatoms. The van der Waals surface area contributed by atoms with Crippen LogP contribution in [0.5, 0.6) is 5.75 Å². The van der Waals surface area contributed by atoms with Crippen LogP contribution in [0.1, 0.15) is 25.8 Å². The zero-order valence-electron chi connectivity index (χ0n) is 30.3. The third kappa shape index (κ3) is 6.33. The Hall–Kier alpha value is -4.86. The highest BCUT2D eigenvalue weighted by atomic mass is 32.2. The molecule has 3 amide bonds. The number of anilines is 2. The van der Waals surface area contributed by atoms with Crippen LogP contribution in [0.15, 0.2) is 122 Å². The van der Waals surface area contributed by atoms with Gasteiger partial charge in [0.25, 0.3) is 5.91 Å². The van der Waals surface area contributed by atoms with Crippen molar-refractivity contribution in [3.05, 3.63) is 128 Å². The standard InChI is InChI=1S/C44H47N3O5S/c1-5-23-45(33-19-21-36(22-20-33)52-7-3)41(49)38-37-25-29(4)44(53-37)39(38)42(50)47(35(28-48)26-30-13-9-8-10-14-30)40(44)43(51)46(24-6-2)34-18-17-31-15-11-12-16-32(31)27-34/h5-6,8-22,27,29,35,37-40,48H,1-2,7,23-26,28H2,3-4H3/t29?,35-,37+,38-,39+,40?,44?/m1/s1. The zero-order valence-corrected chi connectivity index (χ0v) is 31.2. The van der Waals surface area contributed by atoms with Gasteiger partial charge in [-0.25, -0.2) is 0 Å². The van der Waals surface area contributed by atoms with Gasteiger partial charge in [0.1, 0.15) is 11.8 Å². The van der Waals surface area contributed by atoms with E-state index in [1.165, 1.54) is 0 Å². The second kappa shape index (κ2) is 15.2. The molecule has 3 unspecified atom stereocenters. The van der Waals surface area contributed by atoms with Crippen LogP contribution in [0.3, 0.4) is 0 Å². The number of nitrogens with zero attached hydrogens (tertiary/aromatic N) is 3. The van der Waals surface area contributed by atoms with E-state index in [1.54, 1.807) is 38.6 Å². The molecule has 3 aliphatic rings. The van der Waals surface area contributed by atoms with Gasteiger partial charge in [-0.15, -0.1) is 24.9 Å². The molecule has 3 saturated heterocycles. The van der Waals surface area contributed by atoms with E-state index in [0.29, 0.717) is 36.6 Å². The number of thioether (sulfide) groups is 1. The number of ether oxygens (including phenoxy) is 1. The summed E-state index contributed by atoms with van der Waals surface area (Å²) in [5.74, 6) is -1.41. The van der Waals surface area contributed by atoms with Crippen molar-refractivity contribution in [2.45, 2.75) is 48.8 Å². The van der Waals surface area contributed by atoms with E-state index in [4.69, 9.17) is 4.74 Å². The van der Waals surface area contributed by atoms with Crippen molar-refractivity contribution in [1.82, 2.24) is 4.90 Å². The summed E-state index contributed by atoms with van der Waals surface area (Å²) in [7, 11) is 0. The third-order valence-electron chi connectivity index (χ3n) is 11.3. The monoisotopic (exact) mass is 729 g/mol. The Morgan fingerprint density at radius 1 is 0.925 bits per heavy atom. The summed E-state index contributed by atoms with van der Waals surface area (Å²) >= 11 is 1.63. The first-order chi connectivity index (χ1) is 25.8. The lowest BCUT2D eigenvalue weighted by Crippen LogP contribution is -2.59. The largest absolute Gasteiger partial charge is 0.494 e. The first kappa shape index (κ1) is 36.5. The first-order valence-electron chi connectivity index (χ1n) is 18.5. The van der Waals surface area contributed by atoms with Crippen molar-refractivity contribution in [3.8, 4) is 5.75 Å². The number of carbonyl (C=O) groups excluding carboxylic acids is 3. The van der Waals surface area contributed by atoms with Gasteiger partial charge in [0.15, 0.2) is 0 Å². The quantitative estimate of drug-likeness (QED) is 0.142. The number of aliphatic hydroxyl groups excluding tert-OH is 1. The maximum atomic E-state index is 15.5. The molecule has 4 aromatic carbocycles. The molecule has 1 N–H and O–H groups in total. The van der Waals surface area contributed by atoms with Crippen LogP contribution < -0.4 is 14.5 Å². The minimum Gasteiger partial charge on any atom is -0.494 e. The van der Waals surface area contributed by atoms with Crippen LogP contribution in [0.4, 0.5) is 11.4 Å². The van der Waals surface area contributed by atoms with Gasteiger partial charge in [0.05, 0.1) is 35.8 Å². The summed E-state index contributed by atoms with van der Waals surface area (Å²) in [6.45, 7) is 12.7. The molecule has 3 heterocycles. The number of carbonyl (C=O) groups is 3. The van der Waals surface area contributed by atoms with Gasteiger partial charge in [0.2, 0.25) is 11.8 Å². The van der Waals surface area contributed by atoms with Gasteiger partial charge < -0.3 is 24.5 Å². The van der Waals surface area contributed by atoms with Crippen LogP contribution in [0.25, 0.3) is 10.8 Å². The number of hydrogen-bond acceptors (Lipinski definition) is 6. The summed E-state index contributed by atoms with van der Waals surface area (Å²) in [4.78, 5) is 50.7.